The van der Waals surface area contributed by atoms with Gasteiger partial charge in [-0.05, 0) is 94.2 Å². The summed E-state index contributed by atoms with van der Waals surface area (Å²) in [7, 11) is 0. The largest absolute Gasteiger partial charge is 0.309 e. The maximum atomic E-state index is 5.61. The fourth-order valence-electron chi connectivity index (χ4n) is 9.30. The summed E-state index contributed by atoms with van der Waals surface area (Å²) < 4.78 is 8.54. The van der Waals surface area contributed by atoms with Crippen LogP contribution in [0.3, 0.4) is 0 Å². The SMILES string of the molecule is c1ccc(-n2c3ccccc3c3cc(-c4ccc5c(c4)c4ccccc4n5-c4nc5c(s4)c(-c4ccc6ccccc6c4)cc4sc6ccccc6c45)ccc32)cc1. The highest BCUT2D eigenvalue weighted by molar-refractivity contribution is 7.26. The molecule has 4 heterocycles. The third-order valence-corrected chi connectivity index (χ3v) is 14.1. The van der Waals surface area contributed by atoms with Crippen LogP contribution in [-0.2, 0) is 0 Å². The van der Waals surface area contributed by atoms with Crippen LogP contribution in [0.2, 0.25) is 0 Å². The van der Waals surface area contributed by atoms with Crippen molar-refractivity contribution >= 4 is 107 Å². The predicted molar refractivity (Wildman–Crippen MR) is 250 cm³/mol. The van der Waals surface area contributed by atoms with Crippen molar-refractivity contribution in [2.24, 2.45) is 0 Å². The number of thiazole rings is 1. The Balaban J connectivity index is 1.03. The number of benzene rings is 9. The minimum Gasteiger partial charge on any atom is -0.309 e. The van der Waals surface area contributed by atoms with E-state index in [0.29, 0.717) is 0 Å². The van der Waals surface area contributed by atoms with E-state index in [1.54, 1.807) is 11.3 Å². The number of para-hydroxylation sites is 3. The average Bonchev–Trinajstić information content (AvgIpc) is 4.05. The average molecular weight is 774 g/mol. The molecule has 58 heavy (non-hydrogen) atoms. The number of aromatic nitrogens is 3. The van der Waals surface area contributed by atoms with E-state index in [2.05, 4.69) is 197 Å². The van der Waals surface area contributed by atoms with Gasteiger partial charge in [0.2, 0.25) is 0 Å². The number of rotatable bonds is 4. The van der Waals surface area contributed by atoms with Gasteiger partial charge >= 0.3 is 0 Å². The van der Waals surface area contributed by atoms with Crippen molar-refractivity contribution in [2.45, 2.75) is 0 Å². The van der Waals surface area contributed by atoms with Crippen LogP contribution in [0.15, 0.2) is 188 Å². The number of thiophene rings is 1. The molecule has 0 atom stereocenters. The van der Waals surface area contributed by atoms with Gasteiger partial charge < -0.3 is 4.57 Å². The quantitative estimate of drug-likeness (QED) is 0.175. The molecule has 0 bridgehead atoms. The predicted octanol–water partition coefficient (Wildman–Crippen LogP) is 15.3. The molecule has 0 saturated heterocycles. The van der Waals surface area contributed by atoms with Crippen molar-refractivity contribution in [3.63, 3.8) is 0 Å². The maximum absolute atomic E-state index is 5.61. The molecule has 0 aliphatic carbocycles. The highest BCUT2D eigenvalue weighted by Gasteiger charge is 2.22. The van der Waals surface area contributed by atoms with E-state index in [9.17, 15) is 0 Å². The molecule has 0 amide bonds. The van der Waals surface area contributed by atoms with Crippen LogP contribution in [0.25, 0.3) is 118 Å². The fourth-order valence-corrected chi connectivity index (χ4v) is 11.6. The molecule has 9 aromatic carbocycles. The minimum absolute atomic E-state index is 0.980. The Morgan fingerprint density at radius 3 is 1.72 bits per heavy atom. The smallest absolute Gasteiger partial charge is 0.195 e. The minimum atomic E-state index is 0.980. The number of hydrogen-bond donors (Lipinski definition) is 0. The van der Waals surface area contributed by atoms with E-state index in [-0.39, 0.29) is 0 Å². The highest BCUT2D eigenvalue weighted by atomic mass is 32.1. The lowest BCUT2D eigenvalue weighted by Crippen LogP contribution is -1.93. The molecule has 0 aliphatic heterocycles. The molecule has 0 fully saturated rings. The lowest BCUT2D eigenvalue weighted by atomic mass is 9.99. The number of hydrogen-bond acceptors (Lipinski definition) is 3. The normalized spacial score (nSPS) is 12.1. The first-order valence-electron chi connectivity index (χ1n) is 19.6. The Kier molecular flexibility index (Phi) is 6.76. The van der Waals surface area contributed by atoms with Gasteiger partial charge in [0.05, 0.1) is 32.3 Å². The molecule has 13 aromatic rings. The molecule has 0 aliphatic rings. The lowest BCUT2D eigenvalue weighted by molar-refractivity contribution is 1.15. The van der Waals surface area contributed by atoms with E-state index < -0.39 is 0 Å². The van der Waals surface area contributed by atoms with Gasteiger partial charge in [0.1, 0.15) is 0 Å². The molecule has 3 nitrogen and oxygen atoms in total. The van der Waals surface area contributed by atoms with E-state index >= 15 is 0 Å². The highest BCUT2D eigenvalue weighted by Crippen LogP contribution is 2.47. The van der Waals surface area contributed by atoms with Gasteiger partial charge in [0.15, 0.2) is 5.13 Å². The topological polar surface area (TPSA) is 22.8 Å². The number of nitrogens with zero attached hydrogens (tertiary/aromatic N) is 3. The molecule has 270 valence electrons. The monoisotopic (exact) mass is 773 g/mol. The van der Waals surface area contributed by atoms with E-state index in [1.807, 2.05) is 11.3 Å². The molecule has 0 spiro atoms. The van der Waals surface area contributed by atoms with Gasteiger partial charge in [-0.15, -0.1) is 11.3 Å². The number of fused-ring (bicyclic) bond motifs is 12. The third-order valence-electron chi connectivity index (χ3n) is 11.9. The first kappa shape index (κ1) is 32.1. The van der Waals surface area contributed by atoms with Gasteiger partial charge in [-0.25, -0.2) is 4.98 Å². The molecule has 4 aromatic heterocycles. The Labute approximate surface area is 340 Å². The second kappa shape index (κ2) is 12.2. The van der Waals surface area contributed by atoms with Crippen LogP contribution in [0.4, 0.5) is 0 Å². The first-order chi connectivity index (χ1) is 28.7. The summed E-state index contributed by atoms with van der Waals surface area (Å²) in [6.07, 6.45) is 0. The Morgan fingerprint density at radius 1 is 0.379 bits per heavy atom. The summed E-state index contributed by atoms with van der Waals surface area (Å²) in [4.78, 5) is 5.61. The molecule has 0 unspecified atom stereocenters. The molecule has 0 radical (unpaired) electrons. The van der Waals surface area contributed by atoms with Crippen molar-refractivity contribution in [1.29, 1.82) is 0 Å². The summed E-state index contributed by atoms with van der Waals surface area (Å²) in [5.41, 5.74) is 11.8. The fraction of sp³-hybridized carbons (Fsp3) is 0. The summed E-state index contributed by atoms with van der Waals surface area (Å²) in [6.45, 7) is 0. The van der Waals surface area contributed by atoms with Crippen LogP contribution in [0.5, 0.6) is 0 Å². The zero-order valence-electron chi connectivity index (χ0n) is 31.1. The van der Waals surface area contributed by atoms with Gasteiger partial charge in [0.25, 0.3) is 0 Å². The lowest BCUT2D eigenvalue weighted by Gasteiger charge is -2.08. The Morgan fingerprint density at radius 2 is 0.966 bits per heavy atom. The second-order valence-electron chi connectivity index (χ2n) is 15.1. The maximum Gasteiger partial charge on any atom is 0.195 e. The Hall–Kier alpha value is -7.05. The molecular formula is C53H31N3S2. The molecular weight excluding hydrogens is 743 g/mol. The van der Waals surface area contributed by atoms with Crippen LogP contribution >= 0.6 is 22.7 Å². The van der Waals surface area contributed by atoms with Crippen LogP contribution < -0.4 is 0 Å². The van der Waals surface area contributed by atoms with E-state index in [0.717, 1.165) is 21.7 Å². The molecule has 0 N–H and O–H groups in total. The van der Waals surface area contributed by atoms with E-state index in [4.69, 9.17) is 4.98 Å². The summed E-state index contributed by atoms with van der Waals surface area (Å²) >= 11 is 3.65. The van der Waals surface area contributed by atoms with Crippen LogP contribution in [0.1, 0.15) is 0 Å². The molecule has 5 heteroatoms. The zero-order valence-corrected chi connectivity index (χ0v) is 32.7. The molecule has 0 saturated carbocycles. The second-order valence-corrected chi connectivity index (χ2v) is 17.2. The summed E-state index contributed by atoms with van der Waals surface area (Å²) in [5.74, 6) is 0. The Bertz CT molecular complexity index is 3810. The van der Waals surface area contributed by atoms with Gasteiger partial charge in [-0.1, -0.05) is 133 Å². The van der Waals surface area contributed by atoms with Crippen LogP contribution in [0, 0.1) is 0 Å². The van der Waals surface area contributed by atoms with Crippen molar-refractivity contribution < 1.29 is 0 Å². The van der Waals surface area contributed by atoms with Crippen LogP contribution in [-0.4, -0.2) is 14.1 Å². The zero-order chi connectivity index (χ0) is 37.9. The van der Waals surface area contributed by atoms with Crippen molar-refractivity contribution in [3.05, 3.63) is 188 Å². The van der Waals surface area contributed by atoms with Gasteiger partial charge in [-0.3, -0.25) is 4.57 Å². The van der Waals surface area contributed by atoms with Crippen molar-refractivity contribution in [2.75, 3.05) is 0 Å². The third kappa shape index (κ3) is 4.63. The van der Waals surface area contributed by atoms with Crippen molar-refractivity contribution in [1.82, 2.24) is 14.1 Å². The summed E-state index contributed by atoms with van der Waals surface area (Å²) in [6, 6.07) is 68.8. The van der Waals surface area contributed by atoms with Gasteiger partial charge in [-0.2, -0.15) is 0 Å². The standard InChI is InChI=1S/C53H31N3S2/c1-2-14-37(15-3-1)55-44-19-9-6-16-38(44)42-29-34(24-26-46(42)55)35-25-27-47-43(30-35)39-17-7-10-20-45(39)56(47)53-54-51-50-40-18-8-11-21-48(40)57-49(50)31-41(52(51)58-53)36-23-22-32-12-4-5-13-33(32)28-36/h1-31H. The summed E-state index contributed by atoms with van der Waals surface area (Å²) in [5, 5.41) is 10.9. The van der Waals surface area contributed by atoms with Gasteiger partial charge in [0, 0.05) is 53.0 Å². The van der Waals surface area contributed by atoms with E-state index in [1.165, 1.54) is 96.2 Å². The van der Waals surface area contributed by atoms with Crippen molar-refractivity contribution in [3.8, 4) is 33.1 Å². The molecule has 13 rings (SSSR count). The first-order valence-corrected chi connectivity index (χ1v) is 21.2.